The van der Waals surface area contributed by atoms with E-state index in [0.29, 0.717) is 5.95 Å². The molecule has 0 amide bonds. The molecule has 0 bridgehead atoms. The molecule has 0 aliphatic carbocycles. The monoisotopic (exact) mass is 351 g/mol. The van der Waals surface area contributed by atoms with Crippen LogP contribution in [0, 0.1) is 0 Å². The topological polar surface area (TPSA) is 68.3 Å². The number of nitrogens with one attached hydrogen (secondary N) is 1. The number of nitrogens with two attached hydrogens (primary N) is 1. The fourth-order valence-electron chi connectivity index (χ4n) is 3.61. The van der Waals surface area contributed by atoms with E-state index >= 15 is 0 Å². The van der Waals surface area contributed by atoms with Crippen LogP contribution >= 0.6 is 0 Å². The minimum atomic E-state index is 0.258. The standard InChI is InChI=1S/C20H25N5O/c1-13-11-25(12-14(2)26-13)17-7-4-15(5-8-17)22-16-6-9-19-18(10-16)23-20(21)24(19)3/h4-10,13-14,22H,11-12H2,1-3H3,(H2,21,23). The number of anilines is 4. The van der Waals surface area contributed by atoms with E-state index in [1.165, 1.54) is 5.69 Å². The molecule has 0 radical (unpaired) electrons. The van der Waals surface area contributed by atoms with E-state index < -0.39 is 0 Å². The van der Waals surface area contributed by atoms with E-state index in [-0.39, 0.29) is 12.2 Å². The number of nitrogens with zero attached hydrogens (tertiary/aromatic N) is 3. The predicted octanol–water partition coefficient (Wildman–Crippen LogP) is 3.51. The van der Waals surface area contributed by atoms with Crippen LogP contribution in [-0.2, 0) is 11.8 Å². The van der Waals surface area contributed by atoms with Gasteiger partial charge in [0.25, 0.3) is 0 Å². The van der Waals surface area contributed by atoms with Crippen LogP contribution in [0.15, 0.2) is 42.5 Å². The van der Waals surface area contributed by atoms with Crippen LogP contribution in [0.5, 0.6) is 0 Å². The van der Waals surface area contributed by atoms with Crippen molar-refractivity contribution in [2.24, 2.45) is 7.05 Å². The molecule has 3 N–H and O–H groups in total. The van der Waals surface area contributed by atoms with Crippen LogP contribution in [-0.4, -0.2) is 34.8 Å². The van der Waals surface area contributed by atoms with Gasteiger partial charge in [0.1, 0.15) is 0 Å². The summed E-state index contributed by atoms with van der Waals surface area (Å²) in [7, 11) is 1.92. The Labute approximate surface area is 153 Å². The molecule has 1 saturated heterocycles. The average molecular weight is 351 g/mol. The number of hydrogen-bond donors (Lipinski definition) is 2. The molecule has 0 saturated carbocycles. The van der Waals surface area contributed by atoms with E-state index in [9.17, 15) is 0 Å². The van der Waals surface area contributed by atoms with Gasteiger partial charge in [0.2, 0.25) is 5.95 Å². The first-order valence-electron chi connectivity index (χ1n) is 8.99. The Kier molecular flexibility index (Phi) is 4.20. The smallest absolute Gasteiger partial charge is 0.200 e. The third kappa shape index (κ3) is 3.20. The summed E-state index contributed by atoms with van der Waals surface area (Å²) in [6.07, 6.45) is 0.517. The maximum absolute atomic E-state index is 5.88. The summed E-state index contributed by atoms with van der Waals surface area (Å²) in [6.45, 7) is 6.10. The lowest BCUT2D eigenvalue weighted by Crippen LogP contribution is -2.45. The van der Waals surface area contributed by atoms with E-state index in [0.717, 1.165) is 35.5 Å². The molecule has 0 spiro atoms. The van der Waals surface area contributed by atoms with Gasteiger partial charge in [-0.1, -0.05) is 0 Å². The molecular weight excluding hydrogens is 326 g/mol. The van der Waals surface area contributed by atoms with E-state index in [1.807, 2.05) is 29.8 Å². The lowest BCUT2D eigenvalue weighted by atomic mass is 10.2. The zero-order chi connectivity index (χ0) is 18.3. The summed E-state index contributed by atoms with van der Waals surface area (Å²) in [6, 6.07) is 14.6. The van der Waals surface area contributed by atoms with Crippen LogP contribution in [0.3, 0.4) is 0 Å². The third-order valence-corrected chi connectivity index (χ3v) is 4.86. The van der Waals surface area contributed by atoms with Gasteiger partial charge in [-0.3, -0.25) is 0 Å². The molecule has 26 heavy (non-hydrogen) atoms. The summed E-state index contributed by atoms with van der Waals surface area (Å²) < 4.78 is 7.70. The van der Waals surface area contributed by atoms with E-state index in [2.05, 4.69) is 53.3 Å². The van der Waals surface area contributed by atoms with Crippen molar-refractivity contribution in [2.75, 3.05) is 29.0 Å². The van der Waals surface area contributed by atoms with Crippen LogP contribution in [0.4, 0.5) is 23.0 Å². The predicted molar refractivity (Wildman–Crippen MR) is 107 cm³/mol. The Morgan fingerprint density at radius 1 is 1.04 bits per heavy atom. The zero-order valence-electron chi connectivity index (χ0n) is 15.4. The number of ether oxygens (including phenoxy) is 1. The van der Waals surface area contributed by atoms with Crippen LogP contribution < -0.4 is 16.0 Å². The number of rotatable bonds is 3. The average Bonchev–Trinajstić information content (AvgIpc) is 2.88. The summed E-state index contributed by atoms with van der Waals surface area (Å²) in [5.74, 6) is 0.524. The van der Waals surface area contributed by atoms with Crippen molar-refractivity contribution in [3.05, 3.63) is 42.5 Å². The molecule has 1 aliphatic rings. The lowest BCUT2D eigenvalue weighted by Gasteiger charge is -2.36. The van der Waals surface area contributed by atoms with Gasteiger partial charge in [0.05, 0.1) is 23.2 Å². The Hall–Kier alpha value is -2.73. The summed E-state index contributed by atoms with van der Waals surface area (Å²) in [5.41, 5.74) is 11.1. The molecule has 1 aromatic heterocycles. The van der Waals surface area contributed by atoms with Gasteiger partial charge in [-0.15, -0.1) is 0 Å². The molecule has 2 aromatic carbocycles. The number of aryl methyl sites for hydroxylation is 1. The molecule has 2 unspecified atom stereocenters. The van der Waals surface area contributed by atoms with Gasteiger partial charge in [-0.25, -0.2) is 4.98 Å². The first kappa shape index (κ1) is 16.7. The molecule has 3 aromatic rings. The third-order valence-electron chi connectivity index (χ3n) is 4.86. The fraction of sp³-hybridized carbons (Fsp3) is 0.350. The number of morpholine rings is 1. The first-order valence-corrected chi connectivity index (χ1v) is 8.99. The minimum Gasteiger partial charge on any atom is -0.372 e. The molecule has 4 rings (SSSR count). The molecule has 6 nitrogen and oxygen atoms in total. The number of nitrogen functional groups attached to an aromatic ring is 1. The molecule has 1 aliphatic heterocycles. The van der Waals surface area contributed by atoms with Crippen molar-refractivity contribution in [1.29, 1.82) is 0 Å². The van der Waals surface area contributed by atoms with Crippen molar-refractivity contribution >= 4 is 34.0 Å². The molecule has 136 valence electrons. The highest BCUT2D eigenvalue weighted by Gasteiger charge is 2.22. The van der Waals surface area contributed by atoms with Gasteiger partial charge >= 0.3 is 0 Å². The van der Waals surface area contributed by atoms with Crippen molar-refractivity contribution in [3.8, 4) is 0 Å². The Morgan fingerprint density at radius 2 is 1.69 bits per heavy atom. The van der Waals surface area contributed by atoms with Gasteiger partial charge in [0.15, 0.2) is 0 Å². The Morgan fingerprint density at radius 3 is 2.38 bits per heavy atom. The highest BCUT2D eigenvalue weighted by atomic mass is 16.5. The van der Waals surface area contributed by atoms with Crippen molar-refractivity contribution in [2.45, 2.75) is 26.1 Å². The van der Waals surface area contributed by atoms with Crippen LogP contribution in [0.1, 0.15) is 13.8 Å². The molecule has 2 atom stereocenters. The van der Waals surface area contributed by atoms with Crippen LogP contribution in [0.25, 0.3) is 11.0 Å². The lowest BCUT2D eigenvalue weighted by molar-refractivity contribution is -0.00521. The summed E-state index contributed by atoms with van der Waals surface area (Å²) >= 11 is 0. The Bertz CT molecular complexity index is 908. The minimum absolute atomic E-state index is 0.258. The van der Waals surface area contributed by atoms with Gasteiger partial charge in [-0.2, -0.15) is 0 Å². The van der Waals surface area contributed by atoms with Crippen molar-refractivity contribution in [3.63, 3.8) is 0 Å². The number of imidazole rings is 1. The number of hydrogen-bond acceptors (Lipinski definition) is 5. The molecular formula is C20H25N5O. The van der Waals surface area contributed by atoms with Crippen LogP contribution in [0.2, 0.25) is 0 Å². The number of fused-ring (bicyclic) bond motifs is 1. The van der Waals surface area contributed by atoms with Crippen molar-refractivity contribution in [1.82, 2.24) is 9.55 Å². The Balaban J connectivity index is 1.50. The van der Waals surface area contributed by atoms with Gasteiger partial charge in [-0.05, 0) is 56.3 Å². The molecule has 1 fully saturated rings. The highest BCUT2D eigenvalue weighted by Crippen LogP contribution is 2.26. The van der Waals surface area contributed by atoms with Gasteiger partial charge in [0, 0.05) is 37.2 Å². The van der Waals surface area contributed by atoms with Crippen molar-refractivity contribution < 1.29 is 4.74 Å². The van der Waals surface area contributed by atoms with E-state index in [4.69, 9.17) is 10.5 Å². The van der Waals surface area contributed by atoms with E-state index in [1.54, 1.807) is 0 Å². The zero-order valence-corrected chi connectivity index (χ0v) is 15.4. The second-order valence-corrected chi connectivity index (χ2v) is 7.07. The largest absolute Gasteiger partial charge is 0.372 e. The fourth-order valence-corrected chi connectivity index (χ4v) is 3.61. The molecule has 2 heterocycles. The normalized spacial score (nSPS) is 20.5. The SMILES string of the molecule is CC1CN(c2ccc(Nc3ccc4c(c3)nc(N)n4C)cc2)CC(C)O1. The second-order valence-electron chi connectivity index (χ2n) is 7.07. The quantitative estimate of drug-likeness (QED) is 0.756. The highest BCUT2D eigenvalue weighted by molar-refractivity contribution is 5.83. The summed E-state index contributed by atoms with van der Waals surface area (Å²) in [4.78, 5) is 6.77. The number of aromatic nitrogens is 2. The molecule has 6 heteroatoms. The second kappa shape index (κ2) is 6.53. The van der Waals surface area contributed by atoms with Gasteiger partial charge < -0.3 is 25.3 Å². The number of benzene rings is 2. The maximum Gasteiger partial charge on any atom is 0.200 e. The first-order chi connectivity index (χ1) is 12.5. The maximum atomic E-state index is 5.88. The summed E-state index contributed by atoms with van der Waals surface area (Å²) in [5, 5.41) is 3.44.